The van der Waals surface area contributed by atoms with E-state index < -0.39 is 0 Å². The van der Waals surface area contributed by atoms with Gasteiger partial charge in [-0.15, -0.1) is 0 Å². The molecule has 0 spiro atoms. The molecule has 2 heterocycles. The molecule has 0 radical (unpaired) electrons. The van der Waals surface area contributed by atoms with E-state index in [4.69, 9.17) is 0 Å². The zero-order valence-corrected chi connectivity index (χ0v) is 13.4. The van der Waals surface area contributed by atoms with Crippen molar-refractivity contribution in [2.45, 2.75) is 19.1 Å². The van der Waals surface area contributed by atoms with Crippen molar-refractivity contribution in [3.05, 3.63) is 54.6 Å². The number of nitrogens with zero attached hydrogens (tertiary/aromatic N) is 4. The summed E-state index contributed by atoms with van der Waals surface area (Å²) < 4.78 is 1.95. The summed E-state index contributed by atoms with van der Waals surface area (Å²) in [6, 6.07) is 10.9. The summed E-state index contributed by atoms with van der Waals surface area (Å²) in [6.45, 7) is 3.87. The van der Waals surface area contributed by atoms with Gasteiger partial charge in [-0.1, -0.05) is 30.3 Å². The fourth-order valence-electron chi connectivity index (χ4n) is 2.72. The molecule has 1 N–H and O–H groups in total. The van der Waals surface area contributed by atoms with Gasteiger partial charge in [0.1, 0.15) is 0 Å². The maximum Gasteiger partial charge on any atom is 0.317 e. The van der Waals surface area contributed by atoms with Crippen LogP contribution in [-0.2, 0) is 13.1 Å². The third kappa shape index (κ3) is 4.10. The van der Waals surface area contributed by atoms with E-state index in [9.17, 15) is 4.79 Å². The van der Waals surface area contributed by atoms with Gasteiger partial charge in [-0.2, -0.15) is 0 Å². The molecular weight excluding hydrogens is 290 g/mol. The molecule has 1 fully saturated rings. The maximum atomic E-state index is 12.1. The predicted molar refractivity (Wildman–Crippen MR) is 88.9 cm³/mol. The number of urea groups is 1. The Hall–Kier alpha value is -2.34. The lowest BCUT2D eigenvalue weighted by atomic mass is 10.1. The lowest BCUT2D eigenvalue weighted by molar-refractivity contribution is 0.0687. The van der Waals surface area contributed by atoms with E-state index >= 15 is 0 Å². The standard InChI is InChI=1S/C17H23N5O/c1-20(11-15-5-3-2-4-6-15)16-12-22(13-16)17(23)19-8-10-21-9-7-18-14-21/h2-7,9,14,16H,8,10-13H2,1H3,(H,19,23). The number of carbonyl (C=O) groups is 1. The van der Waals surface area contributed by atoms with Crippen LogP contribution in [-0.4, -0.2) is 58.1 Å². The molecule has 6 heteroatoms. The van der Waals surface area contributed by atoms with E-state index in [1.54, 1.807) is 12.5 Å². The van der Waals surface area contributed by atoms with Gasteiger partial charge in [-0.05, 0) is 12.6 Å². The van der Waals surface area contributed by atoms with Gasteiger partial charge < -0.3 is 14.8 Å². The fourth-order valence-corrected chi connectivity index (χ4v) is 2.72. The second-order valence-electron chi connectivity index (χ2n) is 5.99. The summed E-state index contributed by atoms with van der Waals surface area (Å²) in [4.78, 5) is 20.2. The maximum absolute atomic E-state index is 12.1. The van der Waals surface area contributed by atoms with Gasteiger partial charge in [0.25, 0.3) is 0 Å². The Morgan fingerprint density at radius 2 is 2.13 bits per heavy atom. The molecule has 2 aromatic rings. The van der Waals surface area contributed by atoms with Crippen LogP contribution in [0.3, 0.4) is 0 Å². The molecule has 122 valence electrons. The van der Waals surface area contributed by atoms with Gasteiger partial charge >= 0.3 is 6.03 Å². The lowest BCUT2D eigenvalue weighted by Crippen LogP contribution is -2.62. The van der Waals surface area contributed by atoms with E-state index in [0.717, 1.165) is 26.2 Å². The molecule has 0 aliphatic carbocycles. The summed E-state index contributed by atoms with van der Waals surface area (Å²) in [5.74, 6) is 0. The number of aromatic nitrogens is 2. The fraction of sp³-hybridized carbons (Fsp3) is 0.412. The summed E-state index contributed by atoms with van der Waals surface area (Å²) in [7, 11) is 2.12. The summed E-state index contributed by atoms with van der Waals surface area (Å²) in [5.41, 5.74) is 1.30. The number of likely N-dealkylation sites (N-methyl/N-ethyl adjacent to an activating group) is 1. The van der Waals surface area contributed by atoms with Crippen molar-refractivity contribution in [1.82, 2.24) is 24.7 Å². The highest BCUT2D eigenvalue weighted by molar-refractivity contribution is 5.75. The van der Waals surface area contributed by atoms with Crippen LogP contribution in [0.2, 0.25) is 0 Å². The number of hydrogen-bond donors (Lipinski definition) is 1. The molecule has 6 nitrogen and oxygen atoms in total. The second kappa shape index (κ2) is 7.28. The van der Waals surface area contributed by atoms with E-state index in [1.165, 1.54) is 5.56 Å². The van der Waals surface area contributed by atoms with Gasteiger partial charge in [0.2, 0.25) is 0 Å². The van der Waals surface area contributed by atoms with Crippen molar-refractivity contribution >= 4 is 6.03 Å². The zero-order chi connectivity index (χ0) is 16.1. The Labute approximate surface area is 136 Å². The topological polar surface area (TPSA) is 53.4 Å². The van der Waals surface area contributed by atoms with E-state index in [2.05, 4.69) is 46.5 Å². The number of carbonyl (C=O) groups excluding carboxylic acids is 1. The van der Waals surface area contributed by atoms with Crippen LogP contribution in [0.5, 0.6) is 0 Å². The van der Waals surface area contributed by atoms with Gasteiger partial charge in [-0.3, -0.25) is 4.90 Å². The molecule has 1 saturated heterocycles. The second-order valence-corrected chi connectivity index (χ2v) is 5.99. The molecule has 3 rings (SSSR count). The smallest absolute Gasteiger partial charge is 0.317 e. The first-order chi connectivity index (χ1) is 11.2. The third-order valence-corrected chi connectivity index (χ3v) is 4.25. The Balaban J connectivity index is 1.35. The van der Waals surface area contributed by atoms with Crippen molar-refractivity contribution in [3.8, 4) is 0 Å². The van der Waals surface area contributed by atoms with Crippen LogP contribution in [0.1, 0.15) is 5.56 Å². The molecule has 23 heavy (non-hydrogen) atoms. The highest BCUT2D eigenvalue weighted by Gasteiger charge is 2.32. The van der Waals surface area contributed by atoms with Crippen molar-refractivity contribution in [1.29, 1.82) is 0 Å². The minimum absolute atomic E-state index is 0.0227. The van der Waals surface area contributed by atoms with Crippen LogP contribution in [0.15, 0.2) is 49.1 Å². The predicted octanol–water partition coefficient (Wildman–Crippen LogP) is 1.41. The number of imidazole rings is 1. The first kappa shape index (κ1) is 15.6. The van der Waals surface area contributed by atoms with Crippen molar-refractivity contribution in [2.75, 3.05) is 26.7 Å². The van der Waals surface area contributed by atoms with E-state index in [-0.39, 0.29) is 6.03 Å². The number of hydrogen-bond acceptors (Lipinski definition) is 3. The SMILES string of the molecule is CN(Cc1ccccc1)C1CN(C(=O)NCCn2ccnc2)C1. The normalized spacial score (nSPS) is 14.8. The van der Waals surface area contributed by atoms with Gasteiger partial charge in [-0.25, -0.2) is 9.78 Å². The van der Waals surface area contributed by atoms with Gasteiger partial charge in [0.05, 0.1) is 6.33 Å². The third-order valence-electron chi connectivity index (χ3n) is 4.25. The quantitative estimate of drug-likeness (QED) is 0.877. The molecule has 0 bridgehead atoms. The number of rotatable bonds is 6. The zero-order valence-electron chi connectivity index (χ0n) is 13.4. The van der Waals surface area contributed by atoms with E-state index in [1.807, 2.05) is 21.7 Å². The lowest BCUT2D eigenvalue weighted by Gasteiger charge is -2.43. The van der Waals surface area contributed by atoms with E-state index in [0.29, 0.717) is 12.6 Å². The Bertz CT molecular complexity index is 607. The van der Waals surface area contributed by atoms with Crippen LogP contribution in [0, 0.1) is 0 Å². The first-order valence-corrected chi connectivity index (χ1v) is 7.95. The minimum atomic E-state index is 0.0227. The average molecular weight is 313 g/mol. The highest BCUT2D eigenvalue weighted by Crippen LogP contribution is 2.16. The minimum Gasteiger partial charge on any atom is -0.336 e. The molecule has 1 aliphatic heterocycles. The van der Waals surface area contributed by atoms with Crippen LogP contribution < -0.4 is 5.32 Å². The summed E-state index contributed by atoms with van der Waals surface area (Å²) in [5, 5.41) is 2.95. The molecular formula is C17H23N5O. The molecule has 2 amide bonds. The van der Waals surface area contributed by atoms with Crippen LogP contribution in [0.4, 0.5) is 4.79 Å². The highest BCUT2D eigenvalue weighted by atomic mass is 16.2. The first-order valence-electron chi connectivity index (χ1n) is 7.95. The Morgan fingerprint density at radius 1 is 1.35 bits per heavy atom. The van der Waals surface area contributed by atoms with Gasteiger partial charge in [0.15, 0.2) is 0 Å². The monoisotopic (exact) mass is 313 g/mol. The summed E-state index contributed by atoms with van der Waals surface area (Å²) >= 11 is 0. The Kier molecular flexibility index (Phi) is 4.92. The van der Waals surface area contributed by atoms with Crippen molar-refractivity contribution in [3.63, 3.8) is 0 Å². The number of amides is 2. The van der Waals surface area contributed by atoms with Crippen molar-refractivity contribution in [2.24, 2.45) is 0 Å². The summed E-state index contributed by atoms with van der Waals surface area (Å²) in [6.07, 6.45) is 5.39. The molecule has 0 unspecified atom stereocenters. The molecule has 1 aromatic carbocycles. The Morgan fingerprint density at radius 3 is 2.83 bits per heavy atom. The largest absolute Gasteiger partial charge is 0.336 e. The van der Waals surface area contributed by atoms with Crippen molar-refractivity contribution < 1.29 is 4.79 Å². The molecule has 0 atom stereocenters. The van der Waals surface area contributed by atoms with Crippen LogP contribution >= 0.6 is 0 Å². The number of likely N-dealkylation sites (tertiary alicyclic amines) is 1. The molecule has 1 aliphatic rings. The number of nitrogens with one attached hydrogen (secondary N) is 1. The van der Waals surface area contributed by atoms with Crippen LogP contribution in [0.25, 0.3) is 0 Å². The average Bonchev–Trinajstić information content (AvgIpc) is 3.00. The van der Waals surface area contributed by atoms with Gasteiger partial charge in [0, 0.05) is 51.2 Å². The number of benzene rings is 1. The molecule has 1 aromatic heterocycles. The molecule has 0 saturated carbocycles.